The smallest absolute Gasteiger partial charge is 0.0575 e. The Bertz CT molecular complexity index is 645. The van der Waals surface area contributed by atoms with Gasteiger partial charge in [-0.15, -0.1) is 6.58 Å². The predicted molar refractivity (Wildman–Crippen MR) is 89.5 cm³/mol. The van der Waals surface area contributed by atoms with E-state index >= 15 is 0 Å². The van der Waals surface area contributed by atoms with Crippen molar-refractivity contribution in [2.45, 2.75) is 26.9 Å². The van der Waals surface area contributed by atoms with Gasteiger partial charge in [0.15, 0.2) is 0 Å². The summed E-state index contributed by atoms with van der Waals surface area (Å²) in [5, 5.41) is 6.55. The maximum Gasteiger partial charge on any atom is 0.0575 e. The van der Waals surface area contributed by atoms with Gasteiger partial charge in [-0.25, -0.2) is 0 Å². The van der Waals surface area contributed by atoms with Crippen LogP contribution in [0.25, 0.3) is 10.9 Å². The normalized spacial score (nSPS) is 14.6. The number of hydroxylamine groups is 2. The molecule has 1 aliphatic heterocycles. The Labute approximate surface area is 127 Å². The van der Waals surface area contributed by atoms with E-state index in [9.17, 15) is 0 Å². The second-order valence-corrected chi connectivity index (χ2v) is 5.10. The fraction of sp³-hybridized carbons (Fsp3) is 0.412. The van der Waals surface area contributed by atoms with Gasteiger partial charge in [0, 0.05) is 48.8 Å². The third kappa shape index (κ3) is 2.57. The lowest BCUT2D eigenvalue weighted by molar-refractivity contribution is -0.142. The molecule has 114 valence electrons. The van der Waals surface area contributed by atoms with Crippen LogP contribution in [0.4, 0.5) is 5.69 Å². The summed E-state index contributed by atoms with van der Waals surface area (Å²) in [5.41, 5.74) is 5.23. The van der Waals surface area contributed by atoms with Crippen molar-refractivity contribution in [3.63, 3.8) is 0 Å². The molecular formula is C17H25N3O. The molecule has 0 aliphatic carbocycles. The zero-order valence-electron chi connectivity index (χ0n) is 12.1. The summed E-state index contributed by atoms with van der Waals surface area (Å²) < 4.78 is 2.38. The van der Waals surface area contributed by atoms with Crippen molar-refractivity contribution in [1.82, 2.24) is 9.63 Å². The van der Waals surface area contributed by atoms with Crippen molar-refractivity contribution in [2.75, 3.05) is 26.0 Å². The second kappa shape index (κ2) is 6.33. The van der Waals surface area contributed by atoms with Gasteiger partial charge in [-0.3, -0.25) is 0 Å². The second-order valence-electron chi connectivity index (χ2n) is 5.10. The first-order chi connectivity index (χ1) is 9.78. The van der Waals surface area contributed by atoms with Crippen LogP contribution in [0, 0.1) is 0 Å². The van der Waals surface area contributed by atoms with E-state index in [-0.39, 0.29) is 7.43 Å². The van der Waals surface area contributed by atoms with Gasteiger partial charge in [-0.2, -0.15) is 5.06 Å². The standard InChI is InChI=1S/C16H21N3O.CH4/c1-4-8-19-15-6-5-12(17-2)10-13(15)14-11-18(20-3)9-7-16(14)19;/h4-6,10,17H,1,7-9,11H2,2-3H3;1H4. The molecule has 0 spiro atoms. The molecule has 1 aromatic carbocycles. The fourth-order valence-electron chi connectivity index (χ4n) is 3.07. The highest BCUT2D eigenvalue weighted by Crippen LogP contribution is 2.32. The van der Waals surface area contributed by atoms with Gasteiger partial charge < -0.3 is 14.7 Å². The van der Waals surface area contributed by atoms with Crippen LogP contribution in [0.15, 0.2) is 30.9 Å². The lowest BCUT2D eigenvalue weighted by Crippen LogP contribution is -2.30. The molecule has 2 heterocycles. The van der Waals surface area contributed by atoms with Gasteiger partial charge in [-0.1, -0.05) is 13.5 Å². The van der Waals surface area contributed by atoms with Crippen molar-refractivity contribution in [3.05, 3.63) is 42.1 Å². The van der Waals surface area contributed by atoms with E-state index in [0.29, 0.717) is 0 Å². The van der Waals surface area contributed by atoms with Crippen LogP contribution in [-0.4, -0.2) is 30.3 Å². The largest absolute Gasteiger partial charge is 0.388 e. The number of allylic oxidation sites excluding steroid dienone is 1. The third-order valence-electron chi connectivity index (χ3n) is 4.08. The number of aromatic nitrogens is 1. The first-order valence-corrected chi connectivity index (χ1v) is 7.00. The van der Waals surface area contributed by atoms with Crippen LogP contribution in [0.2, 0.25) is 0 Å². The molecule has 0 fully saturated rings. The molecule has 2 aromatic rings. The maximum absolute atomic E-state index is 5.41. The zero-order chi connectivity index (χ0) is 14.1. The predicted octanol–water partition coefficient (Wildman–Crippen LogP) is 3.42. The Morgan fingerprint density at radius 3 is 2.90 bits per heavy atom. The molecule has 0 saturated heterocycles. The van der Waals surface area contributed by atoms with E-state index in [1.54, 1.807) is 7.11 Å². The van der Waals surface area contributed by atoms with Gasteiger partial charge in [0.25, 0.3) is 0 Å². The van der Waals surface area contributed by atoms with Crippen LogP contribution in [0.5, 0.6) is 0 Å². The van der Waals surface area contributed by atoms with Crippen molar-refractivity contribution >= 4 is 16.6 Å². The molecule has 0 amide bonds. The van der Waals surface area contributed by atoms with E-state index in [0.717, 1.165) is 31.7 Å². The average molecular weight is 287 g/mol. The number of anilines is 1. The monoisotopic (exact) mass is 287 g/mol. The molecule has 0 unspecified atom stereocenters. The molecule has 1 aromatic heterocycles. The van der Waals surface area contributed by atoms with Crippen LogP contribution in [-0.2, 0) is 24.3 Å². The zero-order valence-corrected chi connectivity index (χ0v) is 12.1. The number of hydrogen-bond acceptors (Lipinski definition) is 3. The maximum atomic E-state index is 5.41. The van der Waals surface area contributed by atoms with Gasteiger partial charge >= 0.3 is 0 Å². The SMILES string of the molecule is C.C=CCn1c2c(c3cc(NC)ccc31)CN(OC)CC2. The molecule has 1 N–H and O–H groups in total. The van der Waals surface area contributed by atoms with Crippen LogP contribution >= 0.6 is 0 Å². The van der Waals surface area contributed by atoms with Crippen LogP contribution < -0.4 is 5.32 Å². The molecule has 4 nitrogen and oxygen atoms in total. The molecular weight excluding hydrogens is 262 g/mol. The number of fused-ring (bicyclic) bond motifs is 3. The van der Waals surface area contributed by atoms with Gasteiger partial charge in [0.1, 0.15) is 0 Å². The summed E-state index contributed by atoms with van der Waals surface area (Å²) in [5.74, 6) is 0. The van der Waals surface area contributed by atoms with E-state index in [1.807, 2.05) is 18.2 Å². The highest BCUT2D eigenvalue weighted by molar-refractivity contribution is 5.88. The lowest BCUT2D eigenvalue weighted by Gasteiger charge is -2.25. The fourth-order valence-corrected chi connectivity index (χ4v) is 3.07. The van der Waals surface area contributed by atoms with Crippen molar-refractivity contribution < 1.29 is 4.84 Å². The van der Waals surface area contributed by atoms with Crippen molar-refractivity contribution in [2.24, 2.45) is 0 Å². The highest BCUT2D eigenvalue weighted by Gasteiger charge is 2.23. The molecule has 4 heteroatoms. The van der Waals surface area contributed by atoms with E-state index in [4.69, 9.17) is 4.84 Å². The molecule has 0 atom stereocenters. The van der Waals surface area contributed by atoms with Gasteiger partial charge in [0.05, 0.1) is 13.7 Å². The minimum Gasteiger partial charge on any atom is -0.388 e. The molecule has 21 heavy (non-hydrogen) atoms. The Morgan fingerprint density at radius 1 is 1.43 bits per heavy atom. The number of nitrogens with zero attached hydrogens (tertiary/aromatic N) is 2. The molecule has 3 rings (SSSR count). The van der Waals surface area contributed by atoms with Crippen molar-refractivity contribution in [3.8, 4) is 0 Å². The Hall–Kier alpha value is -1.78. The van der Waals surface area contributed by atoms with Crippen LogP contribution in [0.3, 0.4) is 0 Å². The van der Waals surface area contributed by atoms with E-state index in [2.05, 4.69) is 34.7 Å². The van der Waals surface area contributed by atoms with Crippen LogP contribution in [0.1, 0.15) is 18.7 Å². The summed E-state index contributed by atoms with van der Waals surface area (Å²) in [7, 11) is 3.70. The van der Waals surface area contributed by atoms with Gasteiger partial charge in [-0.05, 0) is 23.8 Å². The minimum absolute atomic E-state index is 0. The van der Waals surface area contributed by atoms with Crippen molar-refractivity contribution in [1.29, 1.82) is 0 Å². The average Bonchev–Trinajstić information content (AvgIpc) is 2.80. The van der Waals surface area contributed by atoms with E-state index < -0.39 is 0 Å². The first-order valence-electron chi connectivity index (χ1n) is 7.00. The number of nitrogens with one attached hydrogen (secondary N) is 1. The number of rotatable bonds is 4. The summed E-state index contributed by atoms with van der Waals surface area (Å²) in [6.45, 7) is 6.53. The summed E-state index contributed by atoms with van der Waals surface area (Å²) in [6.07, 6.45) is 2.98. The Kier molecular flexibility index (Phi) is 4.70. The Balaban J connectivity index is 0.00000161. The minimum atomic E-state index is 0. The highest BCUT2D eigenvalue weighted by atomic mass is 16.7. The number of hydrogen-bond donors (Lipinski definition) is 1. The quantitative estimate of drug-likeness (QED) is 0.874. The first kappa shape index (κ1) is 15.6. The summed E-state index contributed by atoms with van der Waals surface area (Å²) in [6, 6.07) is 6.55. The summed E-state index contributed by atoms with van der Waals surface area (Å²) >= 11 is 0. The molecule has 0 radical (unpaired) electrons. The van der Waals surface area contributed by atoms with E-state index in [1.165, 1.54) is 22.2 Å². The Morgan fingerprint density at radius 2 is 2.24 bits per heavy atom. The lowest BCUT2D eigenvalue weighted by atomic mass is 10.1. The van der Waals surface area contributed by atoms with Gasteiger partial charge in [0.2, 0.25) is 0 Å². The molecule has 0 bridgehead atoms. The molecule has 0 saturated carbocycles. The molecule has 1 aliphatic rings. The third-order valence-corrected chi connectivity index (χ3v) is 4.08. The topological polar surface area (TPSA) is 29.4 Å². The summed E-state index contributed by atoms with van der Waals surface area (Å²) in [4.78, 5) is 5.41. The number of benzene rings is 1.